The SMILES string of the molecule is CC(C)(C#N)c1c(Br)[nH]n2cccc12. The average molecular weight is 252 g/mol. The van der Waals surface area contributed by atoms with E-state index in [4.69, 9.17) is 5.26 Å². The molecule has 0 saturated heterocycles. The summed E-state index contributed by atoms with van der Waals surface area (Å²) < 4.78 is 2.78. The first-order valence-corrected chi connectivity index (χ1v) is 5.12. The fourth-order valence-electron chi connectivity index (χ4n) is 1.61. The van der Waals surface area contributed by atoms with Crippen LogP contribution in [0.1, 0.15) is 19.4 Å². The molecule has 0 fully saturated rings. The highest BCUT2D eigenvalue weighted by molar-refractivity contribution is 9.10. The first-order chi connectivity index (χ1) is 6.56. The maximum atomic E-state index is 9.09. The number of rotatable bonds is 1. The lowest BCUT2D eigenvalue weighted by Gasteiger charge is -2.13. The Kier molecular flexibility index (Phi) is 1.93. The van der Waals surface area contributed by atoms with Crippen molar-refractivity contribution in [1.29, 1.82) is 5.26 Å². The van der Waals surface area contributed by atoms with Crippen LogP contribution >= 0.6 is 15.9 Å². The topological polar surface area (TPSA) is 44.0 Å². The molecule has 3 nitrogen and oxygen atoms in total. The van der Waals surface area contributed by atoms with Gasteiger partial charge in [-0.15, -0.1) is 0 Å². The van der Waals surface area contributed by atoms with Gasteiger partial charge in [-0.25, -0.2) is 0 Å². The summed E-state index contributed by atoms with van der Waals surface area (Å²) in [5.74, 6) is 0. The molecule has 2 aromatic heterocycles. The van der Waals surface area contributed by atoms with E-state index >= 15 is 0 Å². The van der Waals surface area contributed by atoms with E-state index in [1.807, 2.05) is 36.7 Å². The van der Waals surface area contributed by atoms with Crippen LogP contribution in [0.25, 0.3) is 5.52 Å². The van der Waals surface area contributed by atoms with Crippen LogP contribution in [0.3, 0.4) is 0 Å². The van der Waals surface area contributed by atoms with Crippen molar-refractivity contribution in [3.8, 4) is 6.07 Å². The zero-order valence-electron chi connectivity index (χ0n) is 8.00. The summed E-state index contributed by atoms with van der Waals surface area (Å²) in [6, 6.07) is 6.25. The highest BCUT2D eigenvalue weighted by Crippen LogP contribution is 2.32. The van der Waals surface area contributed by atoms with Gasteiger partial charge in [0.2, 0.25) is 0 Å². The summed E-state index contributed by atoms with van der Waals surface area (Å²) in [5.41, 5.74) is 1.56. The van der Waals surface area contributed by atoms with Crippen molar-refractivity contribution >= 4 is 21.4 Å². The zero-order valence-corrected chi connectivity index (χ0v) is 9.59. The fourth-order valence-corrected chi connectivity index (χ4v) is 2.50. The Morgan fingerprint density at radius 3 is 2.93 bits per heavy atom. The molecule has 0 aliphatic carbocycles. The molecule has 0 spiro atoms. The molecule has 4 heteroatoms. The van der Waals surface area contributed by atoms with Gasteiger partial charge in [-0.3, -0.25) is 9.61 Å². The van der Waals surface area contributed by atoms with Crippen molar-refractivity contribution in [3.05, 3.63) is 28.5 Å². The van der Waals surface area contributed by atoms with E-state index < -0.39 is 5.41 Å². The van der Waals surface area contributed by atoms with Crippen molar-refractivity contribution < 1.29 is 0 Å². The molecule has 72 valence electrons. The highest BCUT2D eigenvalue weighted by atomic mass is 79.9. The van der Waals surface area contributed by atoms with Crippen molar-refractivity contribution in [1.82, 2.24) is 9.61 Å². The molecule has 2 rings (SSSR count). The van der Waals surface area contributed by atoms with E-state index in [-0.39, 0.29) is 0 Å². The van der Waals surface area contributed by atoms with Gasteiger partial charge < -0.3 is 0 Å². The number of hydrogen-bond donors (Lipinski definition) is 1. The fraction of sp³-hybridized carbons (Fsp3) is 0.300. The summed E-state index contributed by atoms with van der Waals surface area (Å²) in [7, 11) is 0. The van der Waals surface area contributed by atoms with Crippen molar-refractivity contribution in [2.24, 2.45) is 0 Å². The van der Waals surface area contributed by atoms with E-state index in [0.29, 0.717) is 0 Å². The second-order valence-corrected chi connectivity index (χ2v) is 4.59. The Labute approximate surface area is 90.4 Å². The number of nitrogens with zero attached hydrogens (tertiary/aromatic N) is 2. The van der Waals surface area contributed by atoms with Gasteiger partial charge in [0.25, 0.3) is 0 Å². The van der Waals surface area contributed by atoms with Crippen molar-refractivity contribution in [2.45, 2.75) is 19.3 Å². The van der Waals surface area contributed by atoms with Crippen LogP contribution in [0.5, 0.6) is 0 Å². The summed E-state index contributed by atoms with van der Waals surface area (Å²) in [4.78, 5) is 0. The van der Waals surface area contributed by atoms with Crippen LogP contribution in [0.4, 0.5) is 0 Å². The Balaban J connectivity index is 2.78. The van der Waals surface area contributed by atoms with Gasteiger partial charge in [0.1, 0.15) is 4.60 Å². The van der Waals surface area contributed by atoms with Gasteiger partial charge >= 0.3 is 0 Å². The first-order valence-electron chi connectivity index (χ1n) is 4.32. The van der Waals surface area contributed by atoms with E-state index in [2.05, 4.69) is 27.1 Å². The molecule has 0 radical (unpaired) electrons. The van der Waals surface area contributed by atoms with E-state index in [1.54, 1.807) is 0 Å². The van der Waals surface area contributed by atoms with Crippen molar-refractivity contribution in [2.75, 3.05) is 0 Å². The smallest absolute Gasteiger partial charge is 0.104 e. The molecule has 14 heavy (non-hydrogen) atoms. The summed E-state index contributed by atoms with van der Waals surface area (Å²) in [6.45, 7) is 3.82. The molecule has 0 unspecified atom stereocenters. The number of fused-ring (bicyclic) bond motifs is 1. The maximum absolute atomic E-state index is 9.09. The minimum absolute atomic E-state index is 0.488. The molecule has 0 aromatic carbocycles. The molecule has 0 atom stereocenters. The number of H-pyrrole nitrogens is 1. The lowest BCUT2D eigenvalue weighted by molar-refractivity contribution is 0.689. The lowest BCUT2D eigenvalue weighted by Crippen LogP contribution is -2.13. The number of halogens is 1. The molecule has 2 aromatic rings. The average Bonchev–Trinajstić information content (AvgIpc) is 2.62. The zero-order chi connectivity index (χ0) is 10.3. The van der Waals surface area contributed by atoms with Gasteiger partial charge in [-0.1, -0.05) is 0 Å². The van der Waals surface area contributed by atoms with Gasteiger partial charge in [0.15, 0.2) is 0 Å². The maximum Gasteiger partial charge on any atom is 0.104 e. The largest absolute Gasteiger partial charge is 0.287 e. The minimum Gasteiger partial charge on any atom is -0.287 e. The Morgan fingerprint density at radius 2 is 2.29 bits per heavy atom. The van der Waals surface area contributed by atoms with Crippen LogP contribution in [0, 0.1) is 11.3 Å². The molecule has 0 bridgehead atoms. The second kappa shape index (κ2) is 2.89. The molecule has 0 aliphatic rings. The quantitative estimate of drug-likeness (QED) is 0.833. The normalized spacial score (nSPS) is 11.9. The van der Waals surface area contributed by atoms with Gasteiger partial charge in [0, 0.05) is 11.8 Å². The monoisotopic (exact) mass is 251 g/mol. The third-order valence-corrected chi connectivity index (χ3v) is 2.92. The van der Waals surface area contributed by atoms with E-state index in [1.165, 1.54) is 0 Å². The molecular formula is C10H10BrN3. The first kappa shape index (κ1) is 9.35. The molecule has 1 N–H and O–H groups in total. The van der Waals surface area contributed by atoms with Crippen LogP contribution in [-0.4, -0.2) is 9.61 Å². The van der Waals surface area contributed by atoms with Crippen LogP contribution < -0.4 is 0 Å². The number of aromatic amines is 1. The minimum atomic E-state index is -0.488. The lowest BCUT2D eigenvalue weighted by atomic mass is 9.87. The van der Waals surface area contributed by atoms with E-state index in [9.17, 15) is 0 Å². The Bertz CT molecular complexity index is 513. The van der Waals surface area contributed by atoms with Gasteiger partial charge in [0.05, 0.1) is 17.0 Å². The molecular weight excluding hydrogens is 242 g/mol. The number of hydrogen-bond acceptors (Lipinski definition) is 1. The summed E-state index contributed by atoms with van der Waals surface area (Å²) in [6.07, 6.45) is 1.93. The van der Waals surface area contributed by atoms with Crippen LogP contribution in [0.15, 0.2) is 22.9 Å². The molecule has 0 aliphatic heterocycles. The standard InChI is InChI=1S/C10H10BrN3/c1-10(2,6-12)8-7-4-3-5-14(7)13-9(8)11/h3-5,13H,1-2H3. The molecule has 0 saturated carbocycles. The predicted molar refractivity (Wildman–Crippen MR) is 58.1 cm³/mol. The second-order valence-electron chi connectivity index (χ2n) is 3.80. The third-order valence-electron chi connectivity index (χ3n) is 2.35. The van der Waals surface area contributed by atoms with Crippen LogP contribution in [0.2, 0.25) is 0 Å². The molecule has 2 heterocycles. The molecule has 0 amide bonds. The Hall–Kier alpha value is -1.21. The summed E-state index contributed by atoms with van der Waals surface area (Å²) in [5, 5.41) is 12.2. The van der Waals surface area contributed by atoms with Crippen molar-refractivity contribution in [3.63, 3.8) is 0 Å². The van der Waals surface area contributed by atoms with Gasteiger partial charge in [-0.05, 0) is 41.9 Å². The number of nitriles is 1. The van der Waals surface area contributed by atoms with Gasteiger partial charge in [-0.2, -0.15) is 5.26 Å². The third kappa shape index (κ3) is 1.17. The number of aromatic nitrogens is 2. The summed E-state index contributed by atoms with van der Waals surface area (Å²) >= 11 is 3.44. The Morgan fingerprint density at radius 1 is 1.57 bits per heavy atom. The predicted octanol–water partition coefficient (Wildman–Crippen LogP) is 2.83. The highest BCUT2D eigenvalue weighted by Gasteiger charge is 2.27. The van der Waals surface area contributed by atoms with Crippen LogP contribution in [-0.2, 0) is 5.41 Å². The number of nitrogens with one attached hydrogen (secondary N) is 1. The van der Waals surface area contributed by atoms with E-state index in [0.717, 1.165) is 15.7 Å².